The fourth-order valence-electron chi connectivity index (χ4n) is 2.33. The highest BCUT2D eigenvalue weighted by Crippen LogP contribution is 2.32. The fourth-order valence-corrected chi connectivity index (χ4v) is 2.33. The van der Waals surface area contributed by atoms with Crippen LogP contribution in [0, 0.1) is 0 Å². The number of nitrogens with zero attached hydrogens (tertiary/aromatic N) is 2. The average molecular weight is 223 g/mol. The molecule has 1 fully saturated rings. The third kappa shape index (κ3) is 2.61. The third-order valence-electron chi connectivity index (χ3n) is 3.29. The summed E-state index contributed by atoms with van der Waals surface area (Å²) in [7, 11) is 0. The van der Waals surface area contributed by atoms with E-state index in [-0.39, 0.29) is 6.04 Å². The summed E-state index contributed by atoms with van der Waals surface area (Å²) in [6.45, 7) is 5.05. The van der Waals surface area contributed by atoms with Gasteiger partial charge in [0.1, 0.15) is 0 Å². The Hall–Kier alpha value is -0.900. The van der Waals surface area contributed by atoms with Crippen molar-refractivity contribution in [2.24, 2.45) is 0 Å². The quantitative estimate of drug-likeness (QED) is 0.852. The molecule has 1 heterocycles. The Morgan fingerprint density at radius 2 is 2.06 bits per heavy atom. The molecule has 1 aliphatic rings. The van der Waals surface area contributed by atoms with E-state index in [0.29, 0.717) is 5.92 Å². The Labute approximate surface area is 96.8 Å². The van der Waals surface area contributed by atoms with Gasteiger partial charge >= 0.3 is 0 Å². The van der Waals surface area contributed by atoms with Crippen molar-refractivity contribution in [3.8, 4) is 0 Å². The number of hydrogen-bond donors (Lipinski definition) is 1. The zero-order valence-corrected chi connectivity index (χ0v) is 10.2. The van der Waals surface area contributed by atoms with E-state index < -0.39 is 0 Å². The highest BCUT2D eigenvalue weighted by Gasteiger charge is 2.22. The van der Waals surface area contributed by atoms with Crippen LogP contribution in [-0.2, 0) is 0 Å². The first kappa shape index (κ1) is 11.6. The van der Waals surface area contributed by atoms with Crippen LogP contribution in [0.5, 0.6) is 0 Å². The Balaban J connectivity index is 2.00. The predicted molar refractivity (Wildman–Crippen MR) is 62.2 cm³/mol. The molecule has 1 unspecified atom stereocenters. The summed E-state index contributed by atoms with van der Waals surface area (Å²) in [6.07, 6.45) is 6.36. The van der Waals surface area contributed by atoms with Crippen molar-refractivity contribution >= 4 is 0 Å². The molecule has 0 radical (unpaired) electrons. The first-order valence-corrected chi connectivity index (χ1v) is 6.38. The second-order valence-corrected chi connectivity index (χ2v) is 4.59. The molecule has 1 aromatic heterocycles. The van der Waals surface area contributed by atoms with Crippen LogP contribution < -0.4 is 5.32 Å². The van der Waals surface area contributed by atoms with Crippen molar-refractivity contribution in [3.63, 3.8) is 0 Å². The molecule has 4 heteroatoms. The summed E-state index contributed by atoms with van der Waals surface area (Å²) in [5.74, 6) is 2.07. The molecule has 1 saturated carbocycles. The minimum atomic E-state index is 0.162. The molecule has 0 bridgehead atoms. The lowest BCUT2D eigenvalue weighted by molar-refractivity contribution is 0.335. The van der Waals surface area contributed by atoms with E-state index in [1.807, 2.05) is 0 Å². The summed E-state index contributed by atoms with van der Waals surface area (Å²) in [5.41, 5.74) is 0. The van der Waals surface area contributed by atoms with Crippen molar-refractivity contribution in [2.75, 3.05) is 6.54 Å². The molecule has 1 N–H and O–H groups in total. The van der Waals surface area contributed by atoms with Gasteiger partial charge in [0.2, 0.25) is 11.8 Å². The standard InChI is InChI=1S/C12H21N3O/c1-3-13-9(2)11-14-15-12(16-11)10-7-5-4-6-8-10/h9-10,13H,3-8H2,1-2H3. The van der Waals surface area contributed by atoms with Gasteiger partial charge in [0.25, 0.3) is 0 Å². The van der Waals surface area contributed by atoms with E-state index >= 15 is 0 Å². The molecule has 1 atom stereocenters. The molecule has 1 aromatic rings. The zero-order chi connectivity index (χ0) is 11.4. The van der Waals surface area contributed by atoms with E-state index in [4.69, 9.17) is 4.42 Å². The van der Waals surface area contributed by atoms with Gasteiger partial charge in [-0.15, -0.1) is 10.2 Å². The Morgan fingerprint density at radius 1 is 1.31 bits per heavy atom. The van der Waals surface area contributed by atoms with Crippen LogP contribution in [-0.4, -0.2) is 16.7 Å². The molecule has 0 aromatic carbocycles. The fraction of sp³-hybridized carbons (Fsp3) is 0.833. The lowest BCUT2D eigenvalue weighted by atomic mass is 9.89. The monoisotopic (exact) mass is 223 g/mol. The maximum absolute atomic E-state index is 5.75. The number of aromatic nitrogens is 2. The summed E-state index contributed by atoms with van der Waals surface area (Å²) in [4.78, 5) is 0. The van der Waals surface area contributed by atoms with Crippen LogP contribution in [0.15, 0.2) is 4.42 Å². The second-order valence-electron chi connectivity index (χ2n) is 4.59. The second kappa shape index (κ2) is 5.43. The van der Waals surface area contributed by atoms with Crippen LogP contribution in [0.3, 0.4) is 0 Å². The molecule has 0 spiro atoms. The van der Waals surface area contributed by atoms with Gasteiger partial charge in [-0.05, 0) is 26.3 Å². The van der Waals surface area contributed by atoms with Crippen molar-refractivity contribution in [1.82, 2.24) is 15.5 Å². The highest BCUT2D eigenvalue weighted by molar-refractivity contribution is 4.95. The summed E-state index contributed by atoms with van der Waals surface area (Å²) >= 11 is 0. The maximum Gasteiger partial charge on any atom is 0.233 e. The van der Waals surface area contributed by atoms with Gasteiger partial charge in [0, 0.05) is 5.92 Å². The summed E-state index contributed by atoms with van der Waals surface area (Å²) in [5, 5.41) is 11.6. The number of nitrogens with one attached hydrogen (secondary N) is 1. The topological polar surface area (TPSA) is 51.0 Å². The maximum atomic E-state index is 5.75. The van der Waals surface area contributed by atoms with E-state index in [9.17, 15) is 0 Å². The van der Waals surface area contributed by atoms with Crippen molar-refractivity contribution in [2.45, 2.75) is 57.9 Å². The van der Waals surface area contributed by atoms with Gasteiger partial charge < -0.3 is 9.73 Å². The van der Waals surface area contributed by atoms with Crippen LogP contribution in [0.25, 0.3) is 0 Å². The van der Waals surface area contributed by atoms with E-state index in [1.165, 1.54) is 32.1 Å². The SMILES string of the molecule is CCNC(C)c1nnc(C2CCCCC2)o1. The van der Waals surface area contributed by atoms with Crippen molar-refractivity contribution in [1.29, 1.82) is 0 Å². The lowest BCUT2D eigenvalue weighted by Gasteiger charge is -2.17. The Morgan fingerprint density at radius 3 is 2.75 bits per heavy atom. The van der Waals surface area contributed by atoms with Gasteiger partial charge in [-0.1, -0.05) is 26.2 Å². The molecule has 4 nitrogen and oxygen atoms in total. The smallest absolute Gasteiger partial charge is 0.233 e. The molecule has 2 rings (SSSR count). The normalized spacial score (nSPS) is 19.9. The highest BCUT2D eigenvalue weighted by atomic mass is 16.4. The zero-order valence-electron chi connectivity index (χ0n) is 10.2. The third-order valence-corrected chi connectivity index (χ3v) is 3.29. The van der Waals surface area contributed by atoms with Gasteiger partial charge in [-0.2, -0.15) is 0 Å². The summed E-state index contributed by atoms with van der Waals surface area (Å²) in [6, 6.07) is 0.162. The summed E-state index contributed by atoms with van der Waals surface area (Å²) < 4.78 is 5.75. The van der Waals surface area contributed by atoms with E-state index in [2.05, 4.69) is 29.4 Å². The van der Waals surface area contributed by atoms with Crippen LogP contribution >= 0.6 is 0 Å². The minimum Gasteiger partial charge on any atom is -0.423 e. The molecule has 0 aliphatic heterocycles. The van der Waals surface area contributed by atoms with Crippen LogP contribution in [0.4, 0.5) is 0 Å². The van der Waals surface area contributed by atoms with Gasteiger partial charge in [-0.3, -0.25) is 0 Å². The molecule has 16 heavy (non-hydrogen) atoms. The molecule has 0 saturated heterocycles. The van der Waals surface area contributed by atoms with Crippen molar-refractivity contribution in [3.05, 3.63) is 11.8 Å². The Kier molecular flexibility index (Phi) is 3.93. The van der Waals surface area contributed by atoms with E-state index in [1.54, 1.807) is 0 Å². The molecule has 1 aliphatic carbocycles. The predicted octanol–water partition coefficient (Wildman–Crippen LogP) is 2.79. The van der Waals surface area contributed by atoms with Crippen LogP contribution in [0.2, 0.25) is 0 Å². The lowest BCUT2D eigenvalue weighted by Crippen LogP contribution is -2.17. The first-order valence-electron chi connectivity index (χ1n) is 6.38. The number of hydrogen-bond acceptors (Lipinski definition) is 4. The largest absolute Gasteiger partial charge is 0.423 e. The van der Waals surface area contributed by atoms with Gasteiger partial charge in [0.15, 0.2) is 0 Å². The van der Waals surface area contributed by atoms with Gasteiger partial charge in [0.05, 0.1) is 6.04 Å². The first-order chi connectivity index (χ1) is 7.81. The number of rotatable bonds is 4. The molecule has 90 valence electrons. The molecular weight excluding hydrogens is 202 g/mol. The van der Waals surface area contributed by atoms with Crippen LogP contribution in [0.1, 0.15) is 69.7 Å². The molecule has 0 amide bonds. The molecular formula is C12H21N3O. The van der Waals surface area contributed by atoms with E-state index in [0.717, 1.165) is 18.3 Å². The van der Waals surface area contributed by atoms with Crippen molar-refractivity contribution < 1.29 is 4.42 Å². The average Bonchev–Trinajstić information content (AvgIpc) is 2.80. The Bertz CT molecular complexity index is 318. The van der Waals surface area contributed by atoms with Gasteiger partial charge in [-0.25, -0.2) is 0 Å². The minimum absolute atomic E-state index is 0.162.